The number of nitrogens with one attached hydrogen (secondary N) is 1. The third kappa shape index (κ3) is 3.03. The molecule has 0 aromatic heterocycles. The van der Waals surface area contributed by atoms with E-state index in [9.17, 15) is 9.59 Å². The second-order valence-electron chi connectivity index (χ2n) is 6.57. The molecule has 2 fully saturated rings. The van der Waals surface area contributed by atoms with Crippen LogP contribution in [0.5, 0.6) is 0 Å². The fourth-order valence-electron chi connectivity index (χ4n) is 3.93. The van der Waals surface area contributed by atoms with Crippen molar-refractivity contribution < 1.29 is 9.59 Å². The van der Waals surface area contributed by atoms with E-state index < -0.39 is 5.41 Å². The Balaban J connectivity index is 1.75. The van der Waals surface area contributed by atoms with E-state index in [-0.39, 0.29) is 17.9 Å². The summed E-state index contributed by atoms with van der Waals surface area (Å²) in [6, 6.07) is 9.75. The molecule has 1 spiro atoms. The van der Waals surface area contributed by atoms with Gasteiger partial charge in [-0.05, 0) is 44.2 Å². The molecule has 0 unspecified atom stereocenters. The first-order chi connectivity index (χ1) is 11.1. The lowest BCUT2D eigenvalue weighted by Crippen LogP contribution is -2.60. The summed E-state index contributed by atoms with van der Waals surface area (Å²) in [6.45, 7) is 3.52. The number of piperidine rings is 2. The van der Waals surface area contributed by atoms with Gasteiger partial charge < -0.3 is 10.2 Å². The van der Waals surface area contributed by atoms with Gasteiger partial charge in [-0.3, -0.25) is 9.59 Å². The Hall–Kier alpha value is -2.10. The van der Waals surface area contributed by atoms with Crippen LogP contribution in [0.15, 0.2) is 36.4 Å². The second kappa shape index (κ2) is 6.57. The highest BCUT2D eigenvalue weighted by Crippen LogP contribution is 2.41. The number of nitrogens with zero attached hydrogens (tertiary/aromatic N) is 1. The molecule has 0 radical (unpaired) electrons. The third-order valence-electron chi connectivity index (χ3n) is 5.33. The van der Waals surface area contributed by atoms with Crippen LogP contribution in [0.25, 0.3) is 6.08 Å². The summed E-state index contributed by atoms with van der Waals surface area (Å²) in [6.07, 6.45) is 7.13. The predicted octanol–water partition coefficient (Wildman–Crippen LogP) is 2.61. The average Bonchev–Trinajstić information content (AvgIpc) is 2.58. The zero-order chi connectivity index (χ0) is 16.3. The lowest BCUT2D eigenvalue weighted by atomic mass is 9.68. The van der Waals surface area contributed by atoms with E-state index in [0.717, 1.165) is 44.3 Å². The summed E-state index contributed by atoms with van der Waals surface area (Å²) < 4.78 is 0. The molecule has 4 nitrogen and oxygen atoms in total. The molecule has 3 rings (SSSR count). The van der Waals surface area contributed by atoms with Crippen LogP contribution in [-0.4, -0.2) is 35.8 Å². The Labute approximate surface area is 137 Å². The zero-order valence-electron chi connectivity index (χ0n) is 13.6. The number of rotatable bonds is 2. The first-order valence-corrected chi connectivity index (χ1v) is 8.45. The molecule has 0 bridgehead atoms. The maximum absolute atomic E-state index is 12.6. The lowest BCUT2D eigenvalue weighted by Gasteiger charge is -2.49. The molecule has 2 aliphatic heterocycles. The highest BCUT2D eigenvalue weighted by Gasteiger charge is 2.49. The van der Waals surface area contributed by atoms with Crippen LogP contribution in [0.4, 0.5) is 0 Å². The number of carbonyl (C=O) groups is 2. The average molecular weight is 312 g/mol. The minimum atomic E-state index is -0.396. The molecule has 2 amide bonds. The van der Waals surface area contributed by atoms with E-state index in [1.54, 1.807) is 6.08 Å². The molecular formula is C19H24N2O2. The van der Waals surface area contributed by atoms with Gasteiger partial charge in [-0.2, -0.15) is 0 Å². The standard InChI is InChI=1S/C19H24N2O2/c1-15-19(11-5-13-20-18(19)23)12-6-14-21(15)17(22)10-9-16-7-3-2-4-8-16/h2-4,7-10,15H,5-6,11-14H2,1H3,(H,20,23)/t15-,19-/m0/s1. The van der Waals surface area contributed by atoms with E-state index in [1.807, 2.05) is 48.2 Å². The number of benzene rings is 1. The van der Waals surface area contributed by atoms with Crippen molar-refractivity contribution >= 4 is 17.9 Å². The van der Waals surface area contributed by atoms with Crippen molar-refractivity contribution in [1.82, 2.24) is 10.2 Å². The van der Waals surface area contributed by atoms with Crippen molar-refractivity contribution in [2.24, 2.45) is 5.41 Å². The fraction of sp³-hybridized carbons (Fsp3) is 0.474. The monoisotopic (exact) mass is 312 g/mol. The smallest absolute Gasteiger partial charge is 0.246 e. The van der Waals surface area contributed by atoms with Gasteiger partial charge in [-0.1, -0.05) is 30.3 Å². The Morgan fingerprint density at radius 3 is 2.74 bits per heavy atom. The van der Waals surface area contributed by atoms with E-state index in [0.29, 0.717) is 0 Å². The SMILES string of the molecule is C[C@@H]1N(C(=O)C=Cc2ccccc2)CCC[C@@]12CCCNC2=O. The van der Waals surface area contributed by atoms with E-state index in [4.69, 9.17) is 0 Å². The van der Waals surface area contributed by atoms with Gasteiger partial charge in [0.25, 0.3) is 0 Å². The van der Waals surface area contributed by atoms with Gasteiger partial charge in [0.2, 0.25) is 11.8 Å². The van der Waals surface area contributed by atoms with Gasteiger partial charge in [0, 0.05) is 25.2 Å². The number of carbonyl (C=O) groups excluding carboxylic acids is 2. The topological polar surface area (TPSA) is 49.4 Å². The predicted molar refractivity (Wildman–Crippen MR) is 90.6 cm³/mol. The largest absolute Gasteiger partial charge is 0.356 e. The molecule has 1 N–H and O–H groups in total. The van der Waals surface area contributed by atoms with Crippen molar-refractivity contribution in [3.63, 3.8) is 0 Å². The van der Waals surface area contributed by atoms with Crippen molar-refractivity contribution in [1.29, 1.82) is 0 Å². The van der Waals surface area contributed by atoms with Gasteiger partial charge in [-0.25, -0.2) is 0 Å². The molecule has 122 valence electrons. The Morgan fingerprint density at radius 1 is 1.26 bits per heavy atom. The van der Waals surface area contributed by atoms with Gasteiger partial charge >= 0.3 is 0 Å². The van der Waals surface area contributed by atoms with Crippen LogP contribution < -0.4 is 5.32 Å². The van der Waals surface area contributed by atoms with Crippen molar-refractivity contribution in [2.75, 3.05) is 13.1 Å². The van der Waals surface area contributed by atoms with Crippen LogP contribution in [0.3, 0.4) is 0 Å². The zero-order valence-corrected chi connectivity index (χ0v) is 13.6. The van der Waals surface area contributed by atoms with Crippen LogP contribution in [0.1, 0.15) is 38.2 Å². The summed E-state index contributed by atoms with van der Waals surface area (Å²) >= 11 is 0. The molecule has 0 aliphatic carbocycles. The van der Waals surface area contributed by atoms with E-state index in [1.165, 1.54) is 0 Å². The molecule has 4 heteroatoms. The molecule has 23 heavy (non-hydrogen) atoms. The van der Waals surface area contributed by atoms with Crippen LogP contribution in [0.2, 0.25) is 0 Å². The molecule has 0 saturated carbocycles. The van der Waals surface area contributed by atoms with Crippen LogP contribution in [0, 0.1) is 5.41 Å². The Bertz CT molecular complexity index is 607. The van der Waals surface area contributed by atoms with E-state index in [2.05, 4.69) is 5.32 Å². The summed E-state index contributed by atoms with van der Waals surface area (Å²) in [5, 5.41) is 3.00. The maximum Gasteiger partial charge on any atom is 0.246 e. The summed E-state index contributed by atoms with van der Waals surface area (Å²) in [4.78, 5) is 27.0. The fourth-order valence-corrected chi connectivity index (χ4v) is 3.93. The minimum absolute atomic E-state index is 0.00111. The van der Waals surface area contributed by atoms with Crippen LogP contribution in [-0.2, 0) is 9.59 Å². The Kier molecular flexibility index (Phi) is 4.51. The maximum atomic E-state index is 12.6. The number of hydrogen-bond acceptors (Lipinski definition) is 2. The highest BCUT2D eigenvalue weighted by molar-refractivity contribution is 5.93. The Morgan fingerprint density at radius 2 is 2.00 bits per heavy atom. The van der Waals surface area contributed by atoms with Gasteiger partial charge in [0.1, 0.15) is 0 Å². The molecule has 2 aliphatic rings. The number of amides is 2. The second-order valence-corrected chi connectivity index (χ2v) is 6.57. The first kappa shape index (κ1) is 15.8. The molecule has 2 atom stereocenters. The molecule has 1 aromatic carbocycles. The van der Waals surface area contributed by atoms with Gasteiger partial charge in [0.05, 0.1) is 5.41 Å². The third-order valence-corrected chi connectivity index (χ3v) is 5.33. The normalized spacial score (nSPS) is 28.1. The van der Waals surface area contributed by atoms with Gasteiger partial charge in [0.15, 0.2) is 0 Å². The number of hydrogen-bond donors (Lipinski definition) is 1. The van der Waals surface area contributed by atoms with Gasteiger partial charge in [-0.15, -0.1) is 0 Å². The lowest BCUT2D eigenvalue weighted by molar-refractivity contribution is -0.147. The van der Waals surface area contributed by atoms with Crippen LogP contribution >= 0.6 is 0 Å². The molecular weight excluding hydrogens is 288 g/mol. The first-order valence-electron chi connectivity index (χ1n) is 8.45. The van der Waals surface area contributed by atoms with Crippen molar-refractivity contribution in [3.05, 3.63) is 42.0 Å². The highest BCUT2D eigenvalue weighted by atomic mass is 16.2. The summed E-state index contributed by atoms with van der Waals surface area (Å²) in [5.41, 5.74) is 0.614. The number of likely N-dealkylation sites (tertiary alicyclic amines) is 1. The summed E-state index contributed by atoms with van der Waals surface area (Å²) in [7, 11) is 0. The van der Waals surface area contributed by atoms with Crippen molar-refractivity contribution in [2.45, 2.75) is 38.6 Å². The molecule has 2 heterocycles. The molecule has 1 aromatic rings. The molecule has 2 saturated heterocycles. The minimum Gasteiger partial charge on any atom is -0.356 e. The van der Waals surface area contributed by atoms with E-state index >= 15 is 0 Å². The summed E-state index contributed by atoms with van der Waals surface area (Å²) in [5.74, 6) is 0.125. The quantitative estimate of drug-likeness (QED) is 0.853. The van der Waals surface area contributed by atoms with Crippen molar-refractivity contribution in [3.8, 4) is 0 Å².